The first-order valence-electron chi connectivity index (χ1n) is 10.1. The lowest BCUT2D eigenvalue weighted by atomic mass is 10.0. The number of nitrogens with one attached hydrogen (secondary N) is 1. The second kappa shape index (κ2) is 14.5. The Morgan fingerprint density at radius 3 is 2.15 bits per heavy atom. The van der Waals surface area contributed by atoms with E-state index in [0.29, 0.717) is 0 Å². The maximum atomic E-state index is 3.18. The van der Waals surface area contributed by atoms with Crippen molar-refractivity contribution in [3.05, 3.63) is 46.7 Å². The van der Waals surface area contributed by atoms with Gasteiger partial charge in [0.15, 0.2) is 0 Å². The smallest absolute Gasteiger partial charge is 0.0593 e. The highest BCUT2D eigenvalue weighted by Gasteiger charge is 2.08. The standard InChI is InChI=1S/C16H28S.C6H5NS2/c1-2-3-4-5-6-7-8-9-10-11-12-16-13-14-17-15-16;1-2-4-6-5(3-1)7-9-8-6/h13-15H,2-12H2,1H3;1-4,7H. The van der Waals surface area contributed by atoms with E-state index in [1.165, 1.54) is 86.8 Å². The molecule has 1 aromatic heterocycles. The minimum atomic E-state index is 1.24. The predicted molar refractivity (Wildman–Crippen MR) is 123 cm³/mol. The number of rotatable bonds is 11. The average Bonchev–Trinajstić information content (AvgIpc) is 3.35. The lowest BCUT2D eigenvalue weighted by Gasteiger charge is -2.01. The Bertz CT molecular complexity index is 546. The first-order chi connectivity index (χ1) is 12.9. The van der Waals surface area contributed by atoms with E-state index in [1.807, 2.05) is 17.4 Å². The summed E-state index contributed by atoms with van der Waals surface area (Å²) in [5.74, 6) is 0. The number of para-hydroxylation sites is 1. The molecular weight excluding hydrogens is 374 g/mol. The molecule has 0 radical (unpaired) electrons. The maximum Gasteiger partial charge on any atom is 0.0593 e. The molecule has 0 bridgehead atoms. The minimum absolute atomic E-state index is 1.24. The molecule has 1 N–H and O–H groups in total. The van der Waals surface area contributed by atoms with Crippen LogP contribution in [0.5, 0.6) is 0 Å². The van der Waals surface area contributed by atoms with Crippen molar-refractivity contribution >= 4 is 38.8 Å². The summed E-state index contributed by atoms with van der Waals surface area (Å²) in [6.07, 6.45) is 15.6. The fourth-order valence-corrected chi connectivity index (χ4v) is 5.60. The van der Waals surface area contributed by atoms with Crippen LogP contribution in [-0.2, 0) is 6.42 Å². The second-order valence-electron chi connectivity index (χ2n) is 6.83. The highest BCUT2D eigenvalue weighted by Crippen LogP contribution is 2.43. The van der Waals surface area contributed by atoms with Gasteiger partial charge in [-0.3, -0.25) is 0 Å². The molecule has 0 saturated carbocycles. The Balaban J connectivity index is 0.000000223. The van der Waals surface area contributed by atoms with Crippen LogP contribution < -0.4 is 4.72 Å². The zero-order valence-electron chi connectivity index (χ0n) is 16.0. The molecule has 1 nitrogen and oxygen atoms in total. The van der Waals surface area contributed by atoms with Gasteiger partial charge in [0.05, 0.1) is 5.69 Å². The van der Waals surface area contributed by atoms with Crippen LogP contribution in [0.2, 0.25) is 0 Å². The summed E-state index contributed by atoms with van der Waals surface area (Å²) in [5.41, 5.74) is 2.78. The van der Waals surface area contributed by atoms with Gasteiger partial charge in [-0.15, -0.1) is 0 Å². The summed E-state index contributed by atoms with van der Waals surface area (Å²) in [5, 5.41) is 4.47. The van der Waals surface area contributed by atoms with Gasteiger partial charge in [0, 0.05) is 15.9 Å². The van der Waals surface area contributed by atoms with Crippen LogP contribution in [0.25, 0.3) is 0 Å². The third kappa shape index (κ3) is 9.38. The Hall–Kier alpha value is -0.580. The van der Waals surface area contributed by atoms with Crippen molar-refractivity contribution in [2.45, 2.75) is 82.4 Å². The van der Waals surface area contributed by atoms with E-state index in [9.17, 15) is 0 Å². The molecule has 4 heteroatoms. The van der Waals surface area contributed by atoms with E-state index in [-0.39, 0.29) is 0 Å². The van der Waals surface area contributed by atoms with Crippen molar-refractivity contribution in [2.75, 3.05) is 4.72 Å². The molecule has 26 heavy (non-hydrogen) atoms. The minimum Gasteiger partial charge on any atom is -0.319 e. The van der Waals surface area contributed by atoms with E-state index in [1.54, 1.807) is 21.8 Å². The molecule has 0 fully saturated rings. The van der Waals surface area contributed by atoms with Gasteiger partial charge in [0.1, 0.15) is 0 Å². The highest BCUT2D eigenvalue weighted by atomic mass is 33.1. The quantitative estimate of drug-likeness (QED) is 0.227. The van der Waals surface area contributed by atoms with Crippen molar-refractivity contribution in [3.63, 3.8) is 0 Å². The number of unbranched alkanes of at least 4 members (excludes halogenated alkanes) is 9. The van der Waals surface area contributed by atoms with Crippen molar-refractivity contribution in [2.24, 2.45) is 0 Å². The average molecular weight is 408 g/mol. The lowest BCUT2D eigenvalue weighted by Crippen LogP contribution is -1.84. The third-order valence-corrected chi connectivity index (χ3v) is 7.26. The number of hydrogen-bond acceptors (Lipinski definition) is 4. The molecule has 0 amide bonds. The number of anilines is 1. The topological polar surface area (TPSA) is 12.0 Å². The Labute approximate surface area is 172 Å². The van der Waals surface area contributed by atoms with Crippen molar-refractivity contribution in [3.8, 4) is 0 Å². The van der Waals surface area contributed by atoms with Gasteiger partial charge in [0.25, 0.3) is 0 Å². The summed E-state index contributed by atoms with van der Waals surface area (Å²) in [7, 11) is 3.44. The number of thiophene rings is 1. The van der Waals surface area contributed by atoms with Gasteiger partial charge in [-0.25, -0.2) is 0 Å². The molecule has 0 unspecified atom stereocenters. The number of benzene rings is 1. The Morgan fingerprint density at radius 2 is 1.50 bits per heavy atom. The molecule has 0 saturated heterocycles. The van der Waals surface area contributed by atoms with Gasteiger partial charge in [-0.1, -0.05) is 76.8 Å². The number of hydrogen-bond donors (Lipinski definition) is 1. The van der Waals surface area contributed by atoms with Gasteiger partial charge in [-0.05, 0) is 58.2 Å². The van der Waals surface area contributed by atoms with Gasteiger partial charge >= 0.3 is 0 Å². The normalized spacial score (nSPS) is 12.2. The van der Waals surface area contributed by atoms with E-state index in [0.717, 1.165) is 0 Å². The monoisotopic (exact) mass is 407 g/mol. The van der Waals surface area contributed by atoms with Crippen LogP contribution in [0.15, 0.2) is 46.0 Å². The van der Waals surface area contributed by atoms with E-state index < -0.39 is 0 Å². The first-order valence-corrected chi connectivity index (χ1v) is 13.2. The zero-order chi connectivity index (χ0) is 18.3. The molecule has 0 atom stereocenters. The summed E-state index contributed by atoms with van der Waals surface area (Å²) >= 11 is 1.82. The second-order valence-corrected chi connectivity index (χ2v) is 9.59. The van der Waals surface area contributed by atoms with E-state index in [2.05, 4.69) is 46.7 Å². The maximum absolute atomic E-state index is 3.18. The summed E-state index contributed by atoms with van der Waals surface area (Å²) < 4.78 is 3.18. The first kappa shape index (κ1) is 21.7. The predicted octanol–water partition coefficient (Wildman–Crippen LogP) is 8.98. The number of fused-ring (bicyclic) bond motifs is 1. The fraction of sp³-hybridized carbons (Fsp3) is 0.545. The lowest BCUT2D eigenvalue weighted by molar-refractivity contribution is 0.556. The molecule has 0 aliphatic carbocycles. The molecule has 1 aliphatic rings. The number of aryl methyl sites for hydroxylation is 1. The summed E-state index contributed by atoms with van der Waals surface area (Å²) in [6, 6.07) is 10.6. The fourth-order valence-electron chi connectivity index (χ4n) is 2.99. The zero-order valence-corrected chi connectivity index (χ0v) is 18.5. The van der Waals surface area contributed by atoms with Crippen molar-refractivity contribution < 1.29 is 0 Å². The molecule has 144 valence electrons. The van der Waals surface area contributed by atoms with Crippen LogP contribution in [0.1, 0.15) is 76.7 Å². The van der Waals surface area contributed by atoms with E-state index >= 15 is 0 Å². The Kier molecular flexibility index (Phi) is 12.1. The van der Waals surface area contributed by atoms with E-state index in [4.69, 9.17) is 0 Å². The molecule has 1 aromatic carbocycles. The summed E-state index contributed by atoms with van der Waals surface area (Å²) in [6.45, 7) is 2.29. The van der Waals surface area contributed by atoms with Gasteiger partial charge in [0.2, 0.25) is 0 Å². The highest BCUT2D eigenvalue weighted by molar-refractivity contribution is 8.77. The van der Waals surface area contributed by atoms with Crippen LogP contribution in [0, 0.1) is 0 Å². The molecule has 0 spiro atoms. The van der Waals surface area contributed by atoms with Crippen LogP contribution >= 0.6 is 33.1 Å². The van der Waals surface area contributed by atoms with Gasteiger partial charge < -0.3 is 4.72 Å². The third-order valence-electron chi connectivity index (χ3n) is 4.57. The van der Waals surface area contributed by atoms with Crippen molar-refractivity contribution in [1.29, 1.82) is 0 Å². The molecular formula is C22H33NS3. The van der Waals surface area contributed by atoms with Crippen LogP contribution in [0.4, 0.5) is 5.69 Å². The Morgan fingerprint density at radius 1 is 0.808 bits per heavy atom. The molecule has 2 heterocycles. The molecule has 2 aromatic rings. The van der Waals surface area contributed by atoms with Crippen molar-refractivity contribution in [1.82, 2.24) is 0 Å². The molecule has 1 aliphatic heterocycles. The van der Waals surface area contributed by atoms with Gasteiger partial charge in [-0.2, -0.15) is 11.3 Å². The summed E-state index contributed by atoms with van der Waals surface area (Å²) in [4.78, 5) is 1.34. The van der Waals surface area contributed by atoms with Crippen LogP contribution in [0.3, 0.4) is 0 Å². The van der Waals surface area contributed by atoms with Crippen LogP contribution in [-0.4, -0.2) is 0 Å². The largest absolute Gasteiger partial charge is 0.319 e. The molecule has 3 rings (SSSR count). The SMILES string of the molecule is CCCCCCCCCCCCc1ccsc1.c1ccc2c(c1)NSS2.